The first-order valence-electron chi connectivity index (χ1n) is 8.53. The topological polar surface area (TPSA) is 94.2 Å². The molecule has 0 aliphatic carbocycles. The second-order valence-corrected chi connectivity index (χ2v) is 6.81. The molecular formula is C18H20N2O6S. The molecule has 1 N–H and O–H groups in total. The van der Waals surface area contributed by atoms with E-state index in [-0.39, 0.29) is 24.2 Å². The summed E-state index contributed by atoms with van der Waals surface area (Å²) in [6.07, 6.45) is 1.24. The maximum absolute atomic E-state index is 12.6. The van der Waals surface area contributed by atoms with Gasteiger partial charge in [-0.2, -0.15) is 0 Å². The molecule has 2 aliphatic rings. The van der Waals surface area contributed by atoms with Gasteiger partial charge >= 0.3 is 5.97 Å². The number of amides is 2. The van der Waals surface area contributed by atoms with Gasteiger partial charge in [0, 0.05) is 11.8 Å². The molecule has 2 heterocycles. The molecule has 0 aromatic heterocycles. The fraction of sp³-hybridized carbons (Fsp3) is 0.389. The van der Waals surface area contributed by atoms with Gasteiger partial charge in [0.1, 0.15) is 19.3 Å². The van der Waals surface area contributed by atoms with Crippen molar-refractivity contribution in [3.8, 4) is 11.5 Å². The van der Waals surface area contributed by atoms with Gasteiger partial charge in [-0.15, -0.1) is 0 Å². The van der Waals surface area contributed by atoms with Gasteiger partial charge < -0.3 is 19.5 Å². The fourth-order valence-electron chi connectivity index (χ4n) is 2.69. The van der Waals surface area contributed by atoms with Crippen LogP contribution in [0.3, 0.4) is 0 Å². The van der Waals surface area contributed by atoms with E-state index in [4.69, 9.17) is 14.2 Å². The summed E-state index contributed by atoms with van der Waals surface area (Å²) in [7, 11) is 0. The van der Waals surface area contributed by atoms with Crippen LogP contribution in [0, 0.1) is 0 Å². The molecule has 8 nitrogen and oxygen atoms in total. The highest BCUT2D eigenvalue weighted by molar-refractivity contribution is 8.04. The molecule has 1 fully saturated rings. The quantitative estimate of drug-likeness (QED) is 0.603. The average molecular weight is 392 g/mol. The predicted octanol–water partition coefficient (Wildman–Crippen LogP) is 1.76. The summed E-state index contributed by atoms with van der Waals surface area (Å²) in [6, 6.07) is 4.31. The maximum atomic E-state index is 12.6. The Hall–Kier alpha value is -2.68. The van der Waals surface area contributed by atoms with E-state index in [1.54, 1.807) is 32.0 Å². The number of nitrogens with zero attached hydrogens (tertiary/aromatic N) is 1. The van der Waals surface area contributed by atoms with Crippen LogP contribution in [0.5, 0.6) is 11.5 Å². The van der Waals surface area contributed by atoms with Gasteiger partial charge in [0.2, 0.25) is 11.8 Å². The highest BCUT2D eigenvalue weighted by Crippen LogP contribution is 2.34. The minimum Gasteiger partial charge on any atom is -0.486 e. The monoisotopic (exact) mass is 392 g/mol. The van der Waals surface area contributed by atoms with Gasteiger partial charge in [0.15, 0.2) is 11.5 Å². The van der Waals surface area contributed by atoms with E-state index < -0.39 is 12.0 Å². The number of benzene rings is 1. The predicted molar refractivity (Wildman–Crippen MR) is 99.5 cm³/mol. The van der Waals surface area contributed by atoms with Crippen LogP contribution in [0.1, 0.15) is 13.8 Å². The van der Waals surface area contributed by atoms with Gasteiger partial charge in [-0.25, -0.2) is 4.79 Å². The Morgan fingerprint density at radius 2 is 2.07 bits per heavy atom. The number of carbonyl (C=O) groups is 3. The molecule has 1 aromatic carbocycles. The molecule has 27 heavy (non-hydrogen) atoms. The van der Waals surface area contributed by atoms with Crippen molar-refractivity contribution >= 4 is 35.2 Å². The summed E-state index contributed by atoms with van der Waals surface area (Å²) in [5.41, 5.74) is 0.534. The number of hydrogen-bond acceptors (Lipinski definition) is 7. The second kappa shape index (κ2) is 8.34. The molecule has 1 saturated heterocycles. The van der Waals surface area contributed by atoms with Crippen LogP contribution >= 0.6 is 11.8 Å². The number of thioether (sulfide) groups is 1. The Kier molecular flexibility index (Phi) is 5.90. The molecular weight excluding hydrogens is 372 g/mol. The third-order valence-corrected chi connectivity index (χ3v) is 4.96. The molecule has 2 aliphatic heterocycles. The lowest BCUT2D eigenvalue weighted by molar-refractivity contribution is -0.137. The van der Waals surface area contributed by atoms with Crippen LogP contribution in [0.15, 0.2) is 29.3 Å². The van der Waals surface area contributed by atoms with Crippen molar-refractivity contribution in [1.82, 2.24) is 4.90 Å². The van der Waals surface area contributed by atoms with Crippen LogP contribution < -0.4 is 14.8 Å². The van der Waals surface area contributed by atoms with Crippen molar-refractivity contribution in [2.24, 2.45) is 0 Å². The van der Waals surface area contributed by atoms with E-state index >= 15 is 0 Å². The number of fused-ring (bicyclic) bond motifs is 1. The molecule has 1 unspecified atom stereocenters. The largest absolute Gasteiger partial charge is 0.486 e. The summed E-state index contributed by atoms with van der Waals surface area (Å²) in [5.74, 6) is 0.199. The van der Waals surface area contributed by atoms with Crippen LogP contribution in [0.2, 0.25) is 0 Å². The fourth-order valence-corrected chi connectivity index (χ4v) is 3.67. The molecule has 2 amide bonds. The van der Waals surface area contributed by atoms with E-state index in [2.05, 4.69) is 5.32 Å². The Morgan fingerprint density at radius 3 is 2.81 bits per heavy atom. The zero-order valence-electron chi connectivity index (χ0n) is 15.0. The summed E-state index contributed by atoms with van der Waals surface area (Å²) in [4.78, 5) is 37.9. The van der Waals surface area contributed by atoms with Crippen molar-refractivity contribution in [3.05, 3.63) is 29.3 Å². The third-order valence-electron chi connectivity index (χ3n) is 3.95. The van der Waals surface area contributed by atoms with Crippen LogP contribution in [-0.4, -0.2) is 54.3 Å². The van der Waals surface area contributed by atoms with E-state index in [9.17, 15) is 14.4 Å². The zero-order valence-corrected chi connectivity index (χ0v) is 15.8. The Labute approximate surface area is 160 Å². The molecule has 1 atom stereocenters. The van der Waals surface area contributed by atoms with E-state index in [1.807, 2.05) is 0 Å². The number of carbonyl (C=O) groups excluding carboxylic acids is 3. The van der Waals surface area contributed by atoms with Crippen LogP contribution in [0.4, 0.5) is 5.69 Å². The van der Waals surface area contributed by atoms with Crippen LogP contribution in [-0.2, 0) is 19.1 Å². The first-order chi connectivity index (χ1) is 13.0. The number of nitrogens with one attached hydrogen (secondary N) is 1. The molecule has 0 spiro atoms. The van der Waals surface area contributed by atoms with E-state index in [1.165, 1.54) is 22.7 Å². The number of ether oxygens (including phenoxy) is 3. The lowest BCUT2D eigenvalue weighted by Gasteiger charge is -2.24. The first kappa shape index (κ1) is 19.1. The Bertz CT molecular complexity index is 794. The SMILES string of the molecule is CCOC(=O)C=C1SCC(=O)N1C(C)C(=O)Nc1ccc2c(c1)OCCO2. The number of rotatable bonds is 5. The van der Waals surface area contributed by atoms with Crippen molar-refractivity contribution < 1.29 is 28.6 Å². The maximum Gasteiger partial charge on any atom is 0.333 e. The molecule has 0 radical (unpaired) electrons. The standard InChI is InChI=1S/C18H20N2O6S/c1-3-24-17(22)9-16-20(15(21)10-27-16)11(2)18(23)19-12-4-5-13-14(8-12)26-7-6-25-13/h4-5,8-9,11H,3,6-7,10H2,1-2H3,(H,19,23). The van der Waals surface area contributed by atoms with Gasteiger partial charge in [0.25, 0.3) is 0 Å². The number of anilines is 1. The molecule has 9 heteroatoms. The summed E-state index contributed by atoms with van der Waals surface area (Å²) in [6.45, 7) is 4.48. The number of hydrogen-bond donors (Lipinski definition) is 1. The van der Waals surface area contributed by atoms with Gasteiger partial charge in [-0.3, -0.25) is 14.5 Å². The van der Waals surface area contributed by atoms with E-state index in [0.717, 1.165) is 0 Å². The van der Waals surface area contributed by atoms with Crippen molar-refractivity contribution in [3.63, 3.8) is 0 Å². The smallest absolute Gasteiger partial charge is 0.333 e. The molecule has 3 rings (SSSR count). The number of esters is 1. The third kappa shape index (κ3) is 4.36. The molecule has 1 aromatic rings. The van der Waals surface area contributed by atoms with E-state index in [0.29, 0.717) is 35.4 Å². The summed E-state index contributed by atoms with van der Waals surface area (Å²) in [5, 5.41) is 3.17. The summed E-state index contributed by atoms with van der Waals surface area (Å²) < 4.78 is 15.8. The Morgan fingerprint density at radius 1 is 1.33 bits per heavy atom. The highest BCUT2D eigenvalue weighted by Gasteiger charge is 2.35. The lowest BCUT2D eigenvalue weighted by atomic mass is 10.2. The minimum atomic E-state index is -0.790. The van der Waals surface area contributed by atoms with Crippen molar-refractivity contribution in [2.45, 2.75) is 19.9 Å². The highest BCUT2D eigenvalue weighted by atomic mass is 32.2. The van der Waals surface area contributed by atoms with Gasteiger partial charge in [-0.05, 0) is 26.0 Å². The molecule has 144 valence electrons. The van der Waals surface area contributed by atoms with Gasteiger partial charge in [0.05, 0.1) is 23.5 Å². The first-order valence-corrected chi connectivity index (χ1v) is 9.52. The van der Waals surface area contributed by atoms with Crippen LogP contribution in [0.25, 0.3) is 0 Å². The average Bonchev–Trinajstić information content (AvgIpc) is 3.01. The van der Waals surface area contributed by atoms with Crippen molar-refractivity contribution in [1.29, 1.82) is 0 Å². The minimum absolute atomic E-state index is 0.173. The van der Waals surface area contributed by atoms with Crippen molar-refractivity contribution in [2.75, 3.05) is 30.9 Å². The van der Waals surface area contributed by atoms with Gasteiger partial charge in [-0.1, -0.05) is 11.8 Å². The zero-order chi connectivity index (χ0) is 19.4. The Balaban J connectivity index is 1.72. The second-order valence-electron chi connectivity index (χ2n) is 5.81. The summed E-state index contributed by atoms with van der Waals surface area (Å²) >= 11 is 1.20. The lowest BCUT2D eigenvalue weighted by Crippen LogP contribution is -2.42. The normalized spacial score (nSPS) is 18.4. The molecule has 0 saturated carbocycles. The molecule has 0 bridgehead atoms.